The normalized spacial score (nSPS) is 12.2. The molecule has 0 bridgehead atoms. The van der Waals surface area contributed by atoms with Crippen LogP contribution in [0.3, 0.4) is 0 Å². The highest BCUT2D eigenvalue weighted by Crippen LogP contribution is 2.22. The van der Waals surface area contributed by atoms with Gasteiger partial charge in [-0.25, -0.2) is 0 Å². The number of hydrogen-bond donors (Lipinski definition) is 3. The molecule has 0 aliphatic rings. The first-order chi connectivity index (χ1) is 8.56. The van der Waals surface area contributed by atoms with E-state index in [0.29, 0.717) is 22.8 Å². The number of anilines is 1. The van der Waals surface area contributed by atoms with Crippen LogP contribution in [0, 0.1) is 5.92 Å². The minimum absolute atomic E-state index is 0.176. The SMILES string of the molecule is CC(CO)CCCNC(=O)c1cccc(Cl)c1N. The molecule has 1 aromatic carbocycles. The van der Waals surface area contributed by atoms with Crippen LogP contribution in [-0.4, -0.2) is 24.2 Å². The molecule has 1 atom stereocenters. The van der Waals surface area contributed by atoms with Crippen LogP contribution in [0.1, 0.15) is 30.1 Å². The van der Waals surface area contributed by atoms with Crippen LogP contribution < -0.4 is 11.1 Å². The lowest BCUT2D eigenvalue weighted by Crippen LogP contribution is -2.25. The maximum atomic E-state index is 11.8. The summed E-state index contributed by atoms with van der Waals surface area (Å²) in [6, 6.07) is 4.99. The van der Waals surface area contributed by atoms with Crippen molar-refractivity contribution < 1.29 is 9.90 Å². The van der Waals surface area contributed by atoms with E-state index in [-0.39, 0.29) is 18.4 Å². The molecule has 0 saturated heterocycles. The number of halogens is 1. The average Bonchev–Trinajstić information content (AvgIpc) is 2.37. The van der Waals surface area contributed by atoms with E-state index in [1.807, 2.05) is 6.92 Å². The van der Waals surface area contributed by atoms with Gasteiger partial charge in [0.15, 0.2) is 0 Å². The molecule has 0 aliphatic carbocycles. The molecule has 18 heavy (non-hydrogen) atoms. The first kappa shape index (κ1) is 14.8. The number of nitrogen functional groups attached to an aromatic ring is 1. The maximum absolute atomic E-state index is 11.8. The number of aliphatic hydroxyl groups is 1. The molecule has 0 saturated carbocycles. The summed E-state index contributed by atoms with van der Waals surface area (Å²) >= 11 is 5.85. The summed E-state index contributed by atoms with van der Waals surface area (Å²) in [5.74, 6) is 0.0461. The Bertz CT molecular complexity index is 410. The molecule has 0 radical (unpaired) electrons. The zero-order valence-corrected chi connectivity index (χ0v) is 11.2. The van der Waals surface area contributed by atoms with E-state index >= 15 is 0 Å². The van der Waals surface area contributed by atoms with E-state index in [4.69, 9.17) is 22.4 Å². The van der Waals surface area contributed by atoms with Crippen LogP contribution in [0.25, 0.3) is 0 Å². The van der Waals surface area contributed by atoms with Crippen molar-refractivity contribution in [2.24, 2.45) is 5.92 Å². The van der Waals surface area contributed by atoms with Gasteiger partial charge in [-0.1, -0.05) is 24.6 Å². The third-order valence-corrected chi connectivity index (χ3v) is 3.10. The largest absolute Gasteiger partial charge is 0.397 e. The number of nitrogens with two attached hydrogens (primary N) is 1. The molecule has 1 unspecified atom stereocenters. The van der Waals surface area contributed by atoms with Crippen molar-refractivity contribution in [3.05, 3.63) is 28.8 Å². The first-order valence-corrected chi connectivity index (χ1v) is 6.37. The van der Waals surface area contributed by atoms with Gasteiger partial charge in [0, 0.05) is 13.2 Å². The van der Waals surface area contributed by atoms with Crippen molar-refractivity contribution in [1.82, 2.24) is 5.32 Å². The van der Waals surface area contributed by atoms with E-state index in [9.17, 15) is 4.79 Å². The summed E-state index contributed by atoms with van der Waals surface area (Å²) in [5.41, 5.74) is 6.44. The predicted molar refractivity (Wildman–Crippen MR) is 73.7 cm³/mol. The number of carbonyl (C=O) groups excluding carboxylic acids is 1. The lowest BCUT2D eigenvalue weighted by Gasteiger charge is -2.10. The zero-order valence-electron chi connectivity index (χ0n) is 10.4. The molecule has 4 nitrogen and oxygen atoms in total. The second-order valence-electron chi connectivity index (χ2n) is 4.39. The standard InChI is InChI=1S/C13H19ClN2O2/c1-9(8-17)4-3-7-16-13(18)10-5-2-6-11(14)12(10)15/h2,5-6,9,17H,3-4,7-8,15H2,1H3,(H,16,18). The molecule has 0 fully saturated rings. The Morgan fingerprint density at radius 1 is 1.56 bits per heavy atom. The number of rotatable bonds is 6. The molecular weight excluding hydrogens is 252 g/mol. The topological polar surface area (TPSA) is 75.3 Å². The number of para-hydroxylation sites is 1. The van der Waals surface area contributed by atoms with Crippen molar-refractivity contribution in [1.29, 1.82) is 0 Å². The van der Waals surface area contributed by atoms with Crippen LogP contribution in [0.2, 0.25) is 5.02 Å². The highest BCUT2D eigenvalue weighted by Gasteiger charge is 2.11. The molecule has 0 heterocycles. The van der Waals surface area contributed by atoms with Crippen molar-refractivity contribution in [2.45, 2.75) is 19.8 Å². The Morgan fingerprint density at radius 3 is 2.94 bits per heavy atom. The van der Waals surface area contributed by atoms with Crippen molar-refractivity contribution in [2.75, 3.05) is 18.9 Å². The Kier molecular flexibility index (Phi) is 5.95. The van der Waals surface area contributed by atoms with E-state index in [0.717, 1.165) is 12.8 Å². The zero-order chi connectivity index (χ0) is 13.5. The predicted octanol–water partition coefficient (Wildman–Crippen LogP) is 2.06. The summed E-state index contributed by atoms with van der Waals surface area (Å²) in [7, 11) is 0. The molecule has 4 N–H and O–H groups in total. The number of carbonyl (C=O) groups is 1. The first-order valence-electron chi connectivity index (χ1n) is 5.99. The minimum atomic E-state index is -0.216. The van der Waals surface area contributed by atoms with E-state index in [1.54, 1.807) is 18.2 Å². The van der Waals surface area contributed by atoms with Crippen molar-refractivity contribution >= 4 is 23.2 Å². The van der Waals surface area contributed by atoms with E-state index in [1.165, 1.54) is 0 Å². The quantitative estimate of drug-likeness (QED) is 0.547. The average molecular weight is 271 g/mol. The third-order valence-electron chi connectivity index (χ3n) is 2.77. The second-order valence-corrected chi connectivity index (χ2v) is 4.79. The molecule has 0 spiro atoms. The number of aliphatic hydroxyl groups excluding tert-OH is 1. The molecule has 0 aliphatic heterocycles. The Hall–Kier alpha value is -1.26. The van der Waals surface area contributed by atoms with Crippen LogP contribution >= 0.6 is 11.6 Å². The molecule has 5 heteroatoms. The minimum Gasteiger partial charge on any atom is -0.397 e. The summed E-state index contributed by atoms with van der Waals surface area (Å²) < 4.78 is 0. The molecule has 1 amide bonds. The van der Waals surface area contributed by atoms with Gasteiger partial charge in [-0.2, -0.15) is 0 Å². The molecule has 100 valence electrons. The summed E-state index contributed by atoms with van der Waals surface area (Å²) in [6.07, 6.45) is 1.70. The van der Waals surface area contributed by atoms with Gasteiger partial charge in [0.25, 0.3) is 5.91 Å². The molecular formula is C13H19ClN2O2. The highest BCUT2D eigenvalue weighted by molar-refractivity contribution is 6.33. The molecule has 0 aromatic heterocycles. The number of hydrogen-bond acceptors (Lipinski definition) is 3. The van der Waals surface area contributed by atoms with Gasteiger partial charge < -0.3 is 16.2 Å². The van der Waals surface area contributed by atoms with Gasteiger partial charge in [0.05, 0.1) is 16.3 Å². The smallest absolute Gasteiger partial charge is 0.253 e. The van der Waals surface area contributed by atoms with Gasteiger partial charge in [0.2, 0.25) is 0 Å². The lowest BCUT2D eigenvalue weighted by molar-refractivity contribution is 0.0953. The van der Waals surface area contributed by atoms with Crippen molar-refractivity contribution in [3.8, 4) is 0 Å². The molecule has 1 rings (SSSR count). The number of benzene rings is 1. The lowest BCUT2D eigenvalue weighted by atomic mass is 10.1. The van der Waals surface area contributed by atoms with Crippen LogP contribution in [-0.2, 0) is 0 Å². The highest BCUT2D eigenvalue weighted by atomic mass is 35.5. The van der Waals surface area contributed by atoms with Crippen LogP contribution in [0.5, 0.6) is 0 Å². The number of amides is 1. The van der Waals surface area contributed by atoms with Gasteiger partial charge in [-0.05, 0) is 30.9 Å². The van der Waals surface area contributed by atoms with Gasteiger partial charge in [-0.3, -0.25) is 4.79 Å². The van der Waals surface area contributed by atoms with Crippen LogP contribution in [0.4, 0.5) is 5.69 Å². The third kappa shape index (κ3) is 4.20. The number of nitrogens with one attached hydrogen (secondary N) is 1. The van der Waals surface area contributed by atoms with E-state index in [2.05, 4.69) is 5.32 Å². The fourth-order valence-electron chi connectivity index (χ4n) is 1.57. The Labute approximate surface area is 112 Å². The van der Waals surface area contributed by atoms with Crippen molar-refractivity contribution in [3.63, 3.8) is 0 Å². The fraction of sp³-hybridized carbons (Fsp3) is 0.462. The summed E-state index contributed by atoms with van der Waals surface area (Å²) in [5, 5.41) is 12.0. The summed E-state index contributed by atoms with van der Waals surface area (Å²) in [4.78, 5) is 11.8. The monoisotopic (exact) mass is 270 g/mol. The maximum Gasteiger partial charge on any atom is 0.253 e. The fourth-order valence-corrected chi connectivity index (χ4v) is 1.75. The van der Waals surface area contributed by atoms with Gasteiger partial charge in [0.1, 0.15) is 0 Å². The second kappa shape index (κ2) is 7.24. The Morgan fingerprint density at radius 2 is 2.28 bits per heavy atom. The van der Waals surface area contributed by atoms with Gasteiger partial charge in [-0.15, -0.1) is 0 Å². The summed E-state index contributed by atoms with van der Waals surface area (Å²) in [6.45, 7) is 2.71. The van der Waals surface area contributed by atoms with Crippen LogP contribution in [0.15, 0.2) is 18.2 Å². The van der Waals surface area contributed by atoms with E-state index < -0.39 is 0 Å². The Balaban J connectivity index is 2.44. The van der Waals surface area contributed by atoms with Gasteiger partial charge >= 0.3 is 0 Å². The molecule has 1 aromatic rings.